The van der Waals surface area contributed by atoms with Crippen molar-refractivity contribution >= 4 is 22.6 Å². The number of carboxylic acid groups (broad SMARTS) is 1. The summed E-state index contributed by atoms with van der Waals surface area (Å²) in [5, 5.41) is 9.00. The van der Waals surface area contributed by atoms with Crippen LogP contribution in [0.3, 0.4) is 0 Å². The molecule has 2 aromatic heterocycles. The number of aromatic nitrogens is 3. The van der Waals surface area contributed by atoms with Gasteiger partial charge in [-0.05, 0) is 12.5 Å². The molecule has 3 aromatic rings. The highest BCUT2D eigenvalue weighted by atomic mass is 19.1. The number of nitrogens with zero attached hydrogens (tertiary/aromatic N) is 4. The van der Waals surface area contributed by atoms with E-state index in [-0.39, 0.29) is 23.1 Å². The number of aromatic carboxylic acids is 1. The lowest BCUT2D eigenvalue weighted by molar-refractivity contribution is 0.0694. The zero-order valence-electron chi connectivity index (χ0n) is 15.2. The van der Waals surface area contributed by atoms with Crippen LogP contribution in [-0.4, -0.2) is 31.7 Å². The third-order valence-electron chi connectivity index (χ3n) is 4.99. The molecule has 1 aromatic carbocycles. The Labute approximate surface area is 158 Å². The SMILES string of the molecule is CCCn1cc(C(=O)O)c(=O)c2cc(F)c(N3CCn4ccnc4C3)c(F)c21. The largest absolute Gasteiger partial charge is 0.477 e. The fourth-order valence-electron chi connectivity index (χ4n) is 3.70. The van der Waals surface area contributed by atoms with Crippen LogP contribution in [0.25, 0.3) is 10.9 Å². The van der Waals surface area contributed by atoms with E-state index in [1.165, 1.54) is 4.57 Å². The molecule has 0 unspecified atom stereocenters. The Morgan fingerprint density at radius 3 is 2.82 bits per heavy atom. The lowest BCUT2D eigenvalue weighted by Gasteiger charge is -2.30. The summed E-state index contributed by atoms with van der Waals surface area (Å²) in [6.07, 6.45) is 5.17. The van der Waals surface area contributed by atoms with Crippen molar-refractivity contribution < 1.29 is 18.7 Å². The summed E-state index contributed by atoms with van der Waals surface area (Å²) in [7, 11) is 0. The number of imidazole rings is 1. The molecule has 0 bridgehead atoms. The Hall–Kier alpha value is -3.23. The van der Waals surface area contributed by atoms with Gasteiger partial charge in [0, 0.05) is 38.2 Å². The number of carbonyl (C=O) groups is 1. The van der Waals surface area contributed by atoms with E-state index in [0.29, 0.717) is 31.9 Å². The maximum atomic E-state index is 15.5. The first-order valence-corrected chi connectivity index (χ1v) is 8.95. The topological polar surface area (TPSA) is 80.4 Å². The first-order chi connectivity index (χ1) is 13.4. The Balaban J connectivity index is 1.95. The van der Waals surface area contributed by atoms with Crippen LogP contribution in [-0.2, 0) is 19.6 Å². The van der Waals surface area contributed by atoms with Gasteiger partial charge in [0.25, 0.3) is 0 Å². The Kier molecular flexibility index (Phi) is 4.37. The van der Waals surface area contributed by atoms with Crippen molar-refractivity contribution in [1.82, 2.24) is 14.1 Å². The van der Waals surface area contributed by atoms with E-state index in [0.717, 1.165) is 12.3 Å². The first-order valence-electron chi connectivity index (χ1n) is 8.95. The van der Waals surface area contributed by atoms with Gasteiger partial charge in [-0.15, -0.1) is 0 Å². The van der Waals surface area contributed by atoms with Gasteiger partial charge in [0.1, 0.15) is 22.9 Å². The average molecular weight is 388 g/mol. The molecule has 0 aliphatic carbocycles. The summed E-state index contributed by atoms with van der Waals surface area (Å²) in [4.78, 5) is 29.6. The maximum Gasteiger partial charge on any atom is 0.341 e. The van der Waals surface area contributed by atoms with E-state index >= 15 is 4.39 Å². The second-order valence-corrected chi connectivity index (χ2v) is 6.75. The molecule has 3 heterocycles. The maximum absolute atomic E-state index is 15.5. The minimum atomic E-state index is -1.43. The van der Waals surface area contributed by atoms with Gasteiger partial charge in [-0.3, -0.25) is 4.79 Å². The van der Waals surface area contributed by atoms with Gasteiger partial charge >= 0.3 is 5.97 Å². The van der Waals surface area contributed by atoms with Gasteiger partial charge in [0.2, 0.25) is 5.43 Å². The number of fused-ring (bicyclic) bond motifs is 2. The molecule has 1 N–H and O–H groups in total. The summed E-state index contributed by atoms with van der Waals surface area (Å²) in [6, 6.07) is 0.940. The average Bonchev–Trinajstić information content (AvgIpc) is 3.11. The number of pyridine rings is 1. The van der Waals surface area contributed by atoms with Crippen molar-refractivity contribution in [1.29, 1.82) is 0 Å². The van der Waals surface area contributed by atoms with Crippen molar-refractivity contribution in [2.24, 2.45) is 0 Å². The molecule has 0 spiro atoms. The molecular formula is C19H18F2N4O3. The molecule has 4 rings (SSSR count). The predicted molar refractivity (Wildman–Crippen MR) is 98.7 cm³/mol. The number of carboxylic acids is 1. The van der Waals surface area contributed by atoms with Crippen LogP contribution in [0.15, 0.2) is 29.5 Å². The lowest BCUT2D eigenvalue weighted by atomic mass is 10.1. The molecule has 9 heteroatoms. The number of halogens is 2. The fraction of sp³-hybridized carbons (Fsp3) is 0.316. The summed E-state index contributed by atoms with van der Waals surface area (Å²) in [5.41, 5.74) is -1.71. The summed E-state index contributed by atoms with van der Waals surface area (Å²) in [5.74, 6) is -2.49. The number of aryl methyl sites for hydroxylation is 1. The van der Waals surface area contributed by atoms with Crippen LogP contribution in [0, 0.1) is 11.6 Å². The smallest absolute Gasteiger partial charge is 0.341 e. The molecule has 0 saturated heterocycles. The molecule has 7 nitrogen and oxygen atoms in total. The number of benzene rings is 1. The fourth-order valence-corrected chi connectivity index (χ4v) is 3.70. The molecule has 0 saturated carbocycles. The molecule has 0 amide bonds. The quantitative estimate of drug-likeness (QED) is 0.743. The summed E-state index contributed by atoms with van der Waals surface area (Å²) >= 11 is 0. The second kappa shape index (κ2) is 6.74. The minimum Gasteiger partial charge on any atom is -0.477 e. The standard InChI is InChI=1S/C19H18F2N4O3/c1-2-4-24-9-12(19(27)28)18(26)11-8-13(20)17(15(21)16(11)24)25-7-6-23-5-3-22-14(23)10-25/h3,5,8-9H,2,4,6-7,10H2,1H3,(H,27,28). The summed E-state index contributed by atoms with van der Waals surface area (Å²) < 4.78 is 33.7. The number of anilines is 1. The van der Waals surface area contributed by atoms with E-state index in [4.69, 9.17) is 0 Å². The molecule has 0 radical (unpaired) electrons. The van der Waals surface area contributed by atoms with E-state index in [1.54, 1.807) is 11.1 Å². The zero-order chi connectivity index (χ0) is 20.0. The van der Waals surface area contributed by atoms with Crippen molar-refractivity contribution in [2.75, 3.05) is 11.4 Å². The van der Waals surface area contributed by atoms with Crippen LogP contribution in [0.1, 0.15) is 29.5 Å². The van der Waals surface area contributed by atoms with E-state index in [2.05, 4.69) is 4.98 Å². The van der Waals surface area contributed by atoms with Gasteiger partial charge in [-0.2, -0.15) is 0 Å². The van der Waals surface area contributed by atoms with Crippen LogP contribution in [0.4, 0.5) is 14.5 Å². The molecule has 28 heavy (non-hydrogen) atoms. The molecule has 1 aliphatic heterocycles. The van der Waals surface area contributed by atoms with Crippen LogP contribution in [0.5, 0.6) is 0 Å². The third kappa shape index (κ3) is 2.74. The molecule has 1 aliphatic rings. The van der Waals surface area contributed by atoms with Crippen molar-refractivity contribution in [3.05, 3.63) is 57.9 Å². The van der Waals surface area contributed by atoms with E-state index < -0.39 is 28.6 Å². The van der Waals surface area contributed by atoms with Gasteiger partial charge in [0.15, 0.2) is 5.82 Å². The van der Waals surface area contributed by atoms with Crippen LogP contribution < -0.4 is 10.3 Å². The van der Waals surface area contributed by atoms with Gasteiger partial charge in [0.05, 0.1) is 17.4 Å². The number of rotatable bonds is 4. The normalized spacial score (nSPS) is 13.8. The Morgan fingerprint density at radius 2 is 2.11 bits per heavy atom. The number of hydrogen-bond acceptors (Lipinski definition) is 4. The van der Waals surface area contributed by atoms with Gasteiger partial charge in [-0.1, -0.05) is 6.92 Å². The van der Waals surface area contributed by atoms with Crippen molar-refractivity contribution in [3.8, 4) is 0 Å². The first kappa shape index (κ1) is 18.1. The third-order valence-corrected chi connectivity index (χ3v) is 4.99. The van der Waals surface area contributed by atoms with Crippen LogP contribution in [0.2, 0.25) is 0 Å². The van der Waals surface area contributed by atoms with Gasteiger partial charge in [-0.25, -0.2) is 18.6 Å². The zero-order valence-corrected chi connectivity index (χ0v) is 15.2. The highest BCUT2D eigenvalue weighted by molar-refractivity contribution is 5.93. The van der Waals surface area contributed by atoms with E-state index in [9.17, 15) is 19.1 Å². The van der Waals surface area contributed by atoms with Crippen molar-refractivity contribution in [2.45, 2.75) is 33.0 Å². The predicted octanol–water partition coefficient (Wildman–Crippen LogP) is 2.60. The minimum absolute atomic E-state index is 0.0813. The second-order valence-electron chi connectivity index (χ2n) is 6.75. The van der Waals surface area contributed by atoms with Crippen LogP contribution >= 0.6 is 0 Å². The summed E-state index contributed by atoms with van der Waals surface area (Å²) in [6.45, 7) is 3.29. The number of hydrogen-bond donors (Lipinski definition) is 1. The lowest BCUT2D eigenvalue weighted by Crippen LogP contribution is -2.35. The molecule has 0 atom stereocenters. The molecular weight excluding hydrogens is 370 g/mol. The highest BCUT2D eigenvalue weighted by Gasteiger charge is 2.27. The van der Waals surface area contributed by atoms with Gasteiger partial charge < -0.3 is 19.1 Å². The Morgan fingerprint density at radius 1 is 1.32 bits per heavy atom. The molecule has 0 fully saturated rings. The highest BCUT2D eigenvalue weighted by Crippen LogP contribution is 2.32. The van der Waals surface area contributed by atoms with Crippen molar-refractivity contribution in [3.63, 3.8) is 0 Å². The Bertz CT molecular complexity index is 1150. The van der Waals surface area contributed by atoms with E-state index in [1.807, 2.05) is 17.7 Å². The molecule has 146 valence electrons. The monoisotopic (exact) mass is 388 g/mol.